The van der Waals surface area contributed by atoms with Gasteiger partial charge in [-0.2, -0.15) is 0 Å². The van der Waals surface area contributed by atoms with E-state index in [-0.39, 0.29) is 34.6 Å². The highest BCUT2D eigenvalue weighted by atomic mass is 79.9. The van der Waals surface area contributed by atoms with Gasteiger partial charge in [0, 0.05) is 23.7 Å². The minimum absolute atomic E-state index is 0.00721. The molecule has 0 radical (unpaired) electrons. The van der Waals surface area contributed by atoms with Crippen LogP contribution in [0.3, 0.4) is 0 Å². The van der Waals surface area contributed by atoms with Crippen molar-refractivity contribution in [3.8, 4) is 5.75 Å². The number of esters is 1. The van der Waals surface area contributed by atoms with Crippen molar-refractivity contribution < 1.29 is 19.1 Å². The van der Waals surface area contributed by atoms with Crippen molar-refractivity contribution >= 4 is 41.1 Å². The van der Waals surface area contributed by atoms with E-state index < -0.39 is 14.3 Å². The van der Waals surface area contributed by atoms with E-state index in [1.54, 1.807) is 26.3 Å². The quantitative estimate of drug-likeness (QED) is 0.325. The van der Waals surface area contributed by atoms with Crippen molar-refractivity contribution in [1.29, 1.82) is 0 Å². The zero-order valence-corrected chi connectivity index (χ0v) is 23.0. The molecule has 0 aliphatic carbocycles. The van der Waals surface area contributed by atoms with E-state index in [0.717, 1.165) is 12.8 Å². The van der Waals surface area contributed by atoms with Gasteiger partial charge in [-0.1, -0.05) is 27.7 Å². The number of ether oxygens (including phenoxy) is 2. The second kappa shape index (κ2) is 10.1. The van der Waals surface area contributed by atoms with Gasteiger partial charge in [0.05, 0.1) is 23.7 Å². The number of halogens is 1. The van der Waals surface area contributed by atoms with Gasteiger partial charge in [0.25, 0.3) is 0 Å². The van der Waals surface area contributed by atoms with Crippen LogP contribution < -0.4 is 10.2 Å². The molecule has 0 fully saturated rings. The van der Waals surface area contributed by atoms with Crippen molar-refractivity contribution in [1.82, 2.24) is 4.57 Å². The second-order valence-electron chi connectivity index (χ2n) is 9.80. The van der Waals surface area contributed by atoms with Crippen LogP contribution in [0.2, 0.25) is 18.1 Å². The van der Waals surface area contributed by atoms with Crippen molar-refractivity contribution in [2.75, 3.05) is 13.7 Å². The van der Waals surface area contributed by atoms with E-state index in [0.29, 0.717) is 21.1 Å². The summed E-state index contributed by atoms with van der Waals surface area (Å²) in [5.41, 5.74) is 0.378. The van der Waals surface area contributed by atoms with Crippen molar-refractivity contribution in [2.45, 2.75) is 71.6 Å². The third-order valence-corrected chi connectivity index (χ3v) is 10.8. The molecule has 8 heteroatoms. The number of rotatable bonds is 9. The Morgan fingerprint density at radius 3 is 2.41 bits per heavy atom. The van der Waals surface area contributed by atoms with Crippen molar-refractivity contribution in [3.63, 3.8) is 0 Å². The van der Waals surface area contributed by atoms with Crippen LogP contribution in [0.4, 0.5) is 0 Å². The average molecular weight is 527 g/mol. The lowest BCUT2D eigenvalue weighted by atomic mass is 9.93. The van der Waals surface area contributed by atoms with Gasteiger partial charge in [-0.3, -0.25) is 4.79 Å². The minimum Gasteiger partial charge on any atom is -0.495 e. The summed E-state index contributed by atoms with van der Waals surface area (Å²) in [5, 5.41) is 0.254. The molecule has 2 rings (SSSR count). The molecule has 0 amide bonds. The summed E-state index contributed by atoms with van der Waals surface area (Å²) in [4.78, 5) is 36.6. The van der Waals surface area contributed by atoms with Gasteiger partial charge in [-0.15, -0.1) is 0 Å². The molecule has 1 heterocycles. The van der Waals surface area contributed by atoms with Crippen LogP contribution in [-0.2, 0) is 4.74 Å². The molecule has 6 nitrogen and oxygen atoms in total. The van der Waals surface area contributed by atoms with Crippen molar-refractivity contribution in [2.24, 2.45) is 5.92 Å². The Labute approximate surface area is 200 Å². The summed E-state index contributed by atoms with van der Waals surface area (Å²) in [6.45, 7) is 14.3. The molecule has 2 aromatic rings. The van der Waals surface area contributed by atoms with Gasteiger partial charge in [-0.25, -0.2) is 4.79 Å². The molecule has 0 saturated heterocycles. The predicted octanol–water partition coefficient (Wildman–Crippen LogP) is 5.90. The van der Waals surface area contributed by atoms with E-state index in [4.69, 9.17) is 9.47 Å². The van der Waals surface area contributed by atoms with E-state index in [2.05, 4.69) is 43.6 Å². The number of carbonyl (C=O) groups is 1. The number of nitrogens with zero attached hydrogens (tertiary/aromatic N) is 1. The maximum Gasteiger partial charge on any atom is 0.343 e. The topological polar surface area (TPSA) is 77.8 Å². The molecular formula is C24H36BrNO5Si. The lowest BCUT2D eigenvalue weighted by molar-refractivity contribution is 0.0523. The van der Waals surface area contributed by atoms with Crippen LogP contribution in [-0.4, -0.2) is 37.4 Å². The first-order chi connectivity index (χ1) is 14.7. The summed E-state index contributed by atoms with van der Waals surface area (Å²) in [6.07, 6.45) is 3.25. The summed E-state index contributed by atoms with van der Waals surface area (Å²) < 4.78 is 13.3. The predicted molar refractivity (Wildman–Crippen MR) is 135 cm³/mol. The van der Waals surface area contributed by atoms with Gasteiger partial charge in [-0.05, 0) is 65.8 Å². The fraction of sp³-hybridized carbons (Fsp3) is 0.583. The highest BCUT2D eigenvalue weighted by Gasteiger charge is 2.38. The Morgan fingerprint density at radius 2 is 1.91 bits per heavy atom. The van der Waals surface area contributed by atoms with Crippen LogP contribution in [0.1, 0.15) is 63.9 Å². The van der Waals surface area contributed by atoms with Gasteiger partial charge in [0.15, 0.2) is 8.32 Å². The third kappa shape index (κ3) is 5.46. The molecule has 1 aromatic carbocycles. The van der Waals surface area contributed by atoms with Crippen LogP contribution in [0.15, 0.2) is 27.6 Å². The summed E-state index contributed by atoms with van der Waals surface area (Å²) >= 11 is 3.46. The monoisotopic (exact) mass is 525 g/mol. The molecule has 0 aliphatic heterocycles. The Hall–Kier alpha value is -1.64. The molecule has 0 bridgehead atoms. The molecule has 1 N–H and O–H groups in total. The summed E-state index contributed by atoms with van der Waals surface area (Å²) in [7, 11) is -0.790. The SMILES string of the molecule is CCOC(=O)c1cn([C@H](CCC(C)(C)[Si](C)(C)O)C(C)C)c2cc(OC)c(Br)cc2c1=O. The van der Waals surface area contributed by atoms with Crippen LogP contribution in [0.5, 0.6) is 5.75 Å². The molecule has 32 heavy (non-hydrogen) atoms. The Bertz CT molecular complexity index is 1040. The van der Waals surface area contributed by atoms with E-state index in [9.17, 15) is 14.4 Å². The molecule has 0 aliphatic rings. The van der Waals surface area contributed by atoms with E-state index in [1.807, 2.05) is 23.7 Å². The zero-order valence-electron chi connectivity index (χ0n) is 20.4. The lowest BCUT2D eigenvalue weighted by Gasteiger charge is -2.37. The van der Waals surface area contributed by atoms with Gasteiger partial charge < -0.3 is 18.8 Å². The second-order valence-corrected chi connectivity index (χ2v) is 15.1. The first kappa shape index (κ1) is 26.6. The highest BCUT2D eigenvalue weighted by Crippen LogP contribution is 2.43. The van der Waals surface area contributed by atoms with Crippen molar-refractivity contribution in [3.05, 3.63) is 38.6 Å². The number of carbonyl (C=O) groups excluding carboxylic acids is 1. The third-order valence-electron chi connectivity index (χ3n) is 6.65. The maximum absolute atomic E-state index is 13.2. The average Bonchev–Trinajstić information content (AvgIpc) is 2.68. The fourth-order valence-electron chi connectivity index (χ4n) is 3.74. The van der Waals surface area contributed by atoms with Gasteiger partial charge in [0.1, 0.15) is 11.3 Å². The normalized spacial score (nSPS) is 13.5. The fourth-order valence-corrected chi connectivity index (χ4v) is 5.01. The standard InChI is InChI=1S/C24H36BrNO5Si/c1-9-31-23(28)17-14-26(19(15(2)3)10-11-24(4,5)32(7,8)29)20-13-21(30-6)18(25)12-16(20)22(17)27/h12-15,19,29H,9-11H2,1-8H3/t19-/m1/s1. The zero-order chi connectivity index (χ0) is 24.4. The molecule has 1 atom stereocenters. The van der Waals surface area contributed by atoms with Crippen LogP contribution in [0.25, 0.3) is 10.9 Å². The highest BCUT2D eigenvalue weighted by molar-refractivity contribution is 9.10. The molecule has 0 unspecified atom stereocenters. The van der Waals surface area contributed by atoms with E-state index >= 15 is 0 Å². The molecule has 0 saturated carbocycles. The van der Waals surface area contributed by atoms with Gasteiger partial charge >= 0.3 is 5.97 Å². The number of aromatic nitrogens is 1. The number of hydrogen-bond acceptors (Lipinski definition) is 5. The number of benzene rings is 1. The number of pyridine rings is 1. The molecule has 0 spiro atoms. The number of hydrogen-bond donors (Lipinski definition) is 1. The number of methoxy groups -OCH3 is 1. The smallest absolute Gasteiger partial charge is 0.343 e. The van der Waals surface area contributed by atoms with Crippen LogP contribution >= 0.6 is 15.9 Å². The molecule has 1 aromatic heterocycles. The minimum atomic E-state index is -2.37. The first-order valence-corrected chi connectivity index (χ1v) is 14.8. The van der Waals surface area contributed by atoms with Gasteiger partial charge in [0.2, 0.25) is 5.43 Å². The first-order valence-electron chi connectivity index (χ1n) is 11.1. The Morgan fingerprint density at radius 1 is 1.28 bits per heavy atom. The van der Waals surface area contributed by atoms with Crippen LogP contribution in [0, 0.1) is 5.92 Å². The largest absolute Gasteiger partial charge is 0.495 e. The summed E-state index contributed by atoms with van der Waals surface area (Å²) in [5.74, 6) is 0.220. The van der Waals surface area contributed by atoms with E-state index in [1.165, 1.54) is 0 Å². The lowest BCUT2D eigenvalue weighted by Crippen LogP contribution is -2.39. The Kier molecular flexibility index (Phi) is 8.39. The summed E-state index contributed by atoms with van der Waals surface area (Å²) in [6, 6.07) is 3.55. The molecular weight excluding hydrogens is 490 g/mol. The maximum atomic E-state index is 13.2. The number of fused-ring (bicyclic) bond motifs is 1. The molecule has 178 valence electrons. The Balaban J connectivity index is 2.74.